The zero-order chi connectivity index (χ0) is 27.2. The molecular weight excluding hydrogens is 492 g/mol. The van der Waals surface area contributed by atoms with Crippen LogP contribution in [0.5, 0.6) is 0 Å². The van der Waals surface area contributed by atoms with Crippen molar-refractivity contribution >= 4 is 40.9 Å². The van der Waals surface area contributed by atoms with Gasteiger partial charge in [-0.1, -0.05) is 11.8 Å². The van der Waals surface area contributed by atoms with Crippen molar-refractivity contribution in [1.29, 1.82) is 0 Å². The van der Waals surface area contributed by atoms with Crippen molar-refractivity contribution in [2.24, 2.45) is 11.5 Å². The first-order valence-electron chi connectivity index (χ1n) is 12.6. The Morgan fingerprint density at radius 1 is 1.11 bits per heavy atom. The van der Waals surface area contributed by atoms with E-state index in [4.69, 9.17) is 11.5 Å². The highest BCUT2D eigenvalue weighted by Crippen LogP contribution is 2.36. The number of anilines is 2. The summed E-state index contributed by atoms with van der Waals surface area (Å²) >= 11 is 1.27. The van der Waals surface area contributed by atoms with Crippen LogP contribution < -0.4 is 27.4 Å². The van der Waals surface area contributed by atoms with E-state index in [9.17, 15) is 14.4 Å². The Labute approximate surface area is 223 Å². The molecule has 37 heavy (non-hydrogen) atoms. The van der Waals surface area contributed by atoms with Crippen molar-refractivity contribution in [3.63, 3.8) is 0 Å². The topological polar surface area (TPSA) is 149 Å². The Morgan fingerprint density at radius 2 is 1.73 bits per heavy atom. The van der Waals surface area contributed by atoms with Gasteiger partial charge in [0.15, 0.2) is 0 Å². The summed E-state index contributed by atoms with van der Waals surface area (Å²) in [7, 11) is 2.11. The van der Waals surface area contributed by atoms with Gasteiger partial charge in [-0.15, -0.1) is 0 Å². The summed E-state index contributed by atoms with van der Waals surface area (Å²) in [6.45, 7) is 10.7. The van der Waals surface area contributed by atoms with Crippen molar-refractivity contribution in [1.82, 2.24) is 20.0 Å². The minimum atomic E-state index is -0.927. The average Bonchev–Trinajstić information content (AvgIpc) is 3.16. The molecule has 0 unspecified atom stereocenters. The molecule has 7 N–H and O–H groups in total. The maximum atomic E-state index is 12.9. The number of piperazine rings is 1. The number of benzene rings is 1. The molecule has 2 fully saturated rings. The molecule has 2 saturated heterocycles. The van der Waals surface area contributed by atoms with Gasteiger partial charge in [0.2, 0.25) is 11.8 Å². The normalized spacial score (nSPS) is 20.6. The van der Waals surface area contributed by atoms with Crippen molar-refractivity contribution in [2.75, 3.05) is 63.5 Å². The summed E-state index contributed by atoms with van der Waals surface area (Å²) in [5.74, 6) is -0.621. The van der Waals surface area contributed by atoms with Gasteiger partial charge in [-0.25, -0.2) is 0 Å². The van der Waals surface area contributed by atoms with E-state index in [0.717, 1.165) is 44.1 Å². The second-order valence-corrected chi connectivity index (χ2v) is 11.2. The number of hydrogen-bond donors (Lipinski definition) is 5. The van der Waals surface area contributed by atoms with Gasteiger partial charge in [0, 0.05) is 63.6 Å². The van der Waals surface area contributed by atoms with Crippen LogP contribution in [-0.4, -0.2) is 96.2 Å². The standard InChI is InChI=1S/C25H40N8O3S/c1-5-33-23(36)19(37-24(33)21(26)22(35)30-25(2,3)27)16-28-17-6-8-18(9-7-17)29-20(34)10-11-32-14-12-31(4)13-15-32/h6-9,19,28H,5,10-16,26-27H2,1-4H3,(H,29,34)(H,30,35)/b24-21+/t19-/m1/s1. The van der Waals surface area contributed by atoms with Crippen LogP contribution in [0.1, 0.15) is 27.2 Å². The van der Waals surface area contributed by atoms with E-state index in [-0.39, 0.29) is 17.5 Å². The van der Waals surface area contributed by atoms with Gasteiger partial charge in [-0.3, -0.25) is 14.4 Å². The minimum Gasteiger partial charge on any atom is -0.392 e. The van der Waals surface area contributed by atoms with Crippen molar-refractivity contribution in [3.8, 4) is 0 Å². The molecule has 0 bridgehead atoms. The van der Waals surface area contributed by atoms with Gasteiger partial charge in [-0.05, 0) is 52.1 Å². The number of carbonyl (C=O) groups excluding carboxylic acids is 3. The molecule has 204 valence electrons. The first-order chi connectivity index (χ1) is 17.5. The molecule has 3 rings (SSSR count). The maximum Gasteiger partial charge on any atom is 0.271 e. The Bertz CT molecular complexity index is 1000. The van der Waals surface area contributed by atoms with Crippen LogP contribution in [0, 0.1) is 0 Å². The van der Waals surface area contributed by atoms with Crippen LogP contribution in [0.4, 0.5) is 11.4 Å². The van der Waals surface area contributed by atoms with E-state index in [1.165, 1.54) is 16.7 Å². The Hall–Kier alpha value is -2.80. The fourth-order valence-corrected chi connectivity index (χ4v) is 5.28. The van der Waals surface area contributed by atoms with Gasteiger partial charge in [-0.2, -0.15) is 0 Å². The van der Waals surface area contributed by atoms with Gasteiger partial charge < -0.3 is 42.1 Å². The molecule has 0 radical (unpaired) electrons. The number of carbonyl (C=O) groups is 3. The van der Waals surface area contributed by atoms with Crippen LogP contribution >= 0.6 is 11.8 Å². The largest absolute Gasteiger partial charge is 0.392 e. The monoisotopic (exact) mass is 532 g/mol. The molecule has 2 aliphatic rings. The molecule has 2 aliphatic heterocycles. The zero-order valence-corrected chi connectivity index (χ0v) is 23.0. The third-order valence-electron chi connectivity index (χ3n) is 6.18. The SMILES string of the molecule is CCN1C(=O)[C@@H](CNc2ccc(NC(=O)CCN3CCN(C)CC3)cc2)S/C1=C(/N)C(=O)NC(C)(C)N. The number of thioether (sulfide) groups is 1. The number of nitrogens with one attached hydrogen (secondary N) is 3. The second-order valence-electron chi connectivity index (χ2n) is 9.98. The van der Waals surface area contributed by atoms with Gasteiger partial charge >= 0.3 is 0 Å². The van der Waals surface area contributed by atoms with E-state index < -0.39 is 16.8 Å². The summed E-state index contributed by atoms with van der Waals surface area (Å²) in [6, 6.07) is 7.39. The van der Waals surface area contributed by atoms with E-state index in [0.29, 0.717) is 24.5 Å². The first-order valence-corrected chi connectivity index (χ1v) is 13.5. The smallest absolute Gasteiger partial charge is 0.271 e. The minimum absolute atomic E-state index is 0.00814. The summed E-state index contributed by atoms with van der Waals surface area (Å²) in [5, 5.41) is 8.85. The van der Waals surface area contributed by atoms with Crippen LogP contribution in [0.25, 0.3) is 0 Å². The number of likely N-dealkylation sites (N-methyl/N-ethyl adjacent to an activating group) is 1. The lowest BCUT2D eigenvalue weighted by Crippen LogP contribution is -2.52. The molecule has 1 atom stereocenters. The van der Waals surface area contributed by atoms with Gasteiger partial charge in [0.05, 0.1) is 5.66 Å². The molecular formula is C25H40N8O3S. The van der Waals surface area contributed by atoms with Crippen LogP contribution in [0.2, 0.25) is 0 Å². The molecule has 0 aliphatic carbocycles. The fraction of sp³-hybridized carbons (Fsp3) is 0.560. The Kier molecular flexibility index (Phi) is 9.82. The van der Waals surface area contributed by atoms with Gasteiger partial charge in [0.25, 0.3) is 5.91 Å². The van der Waals surface area contributed by atoms with E-state index in [1.54, 1.807) is 13.8 Å². The first kappa shape index (κ1) is 28.8. The predicted octanol–water partition coefficient (Wildman–Crippen LogP) is 0.577. The molecule has 0 aromatic heterocycles. The number of amides is 3. The maximum absolute atomic E-state index is 12.9. The molecule has 2 heterocycles. The van der Waals surface area contributed by atoms with Crippen LogP contribution in [-0.2, 0) is 14.4 Å². The molecule has 1 aromatic carbocycles. The number of nitrogens with two attached hydrogens (primary N) is 2. The summed E-state index contributed by atoms with van der Waals surface area (Å²) < 4.78 is 0. The fourth-order valence-electron chi connectivity index (χ4n) is 4.05. The van der Waals surface area contributed by atoms with Crippen molar-refractivity contribution < 1.29 is 14.4 Å². The van der Waals surface area contributed by atoms with E-state index in [2.05, 4.69) is 32.8 Å². The average molecular weight is 533 g/mol. The number of hydrogen-bond acceptors (Lipinski definition) is 9. The quantitative estimate of drug-likeness (QED) is 0.215. The summed E-state index contributed by atoms with van der Waals surface area (Å²) in [5.41, 5.74) is 12.6. The summed E-state index contributed by atoms with van der Waals surface area (Å²) in [4.78, 5) is 43.9. The van der Waals surface area contributed by atoms with Crippen LogP contribution in [0.15, 0.2) is 35.0 Å². The molecule has 1 aromatic rings. The Morgan fingerprint density at radius 3 is 2.32 bits per heavy atom. The number of rotatable bonds is 10. The van der Waals surface area contributed by atoms with Crippen molar-refractivity contribution in [2.45, 2.75) is 38.1 Å². The lowest BCUT2D eigenvalue weighted by Gasteiger charge is -2.32. The van der Waals surface area contributed by atoms with Crippen molar-refractivity contribution in [3.05, 3.63) is 35.0 Å². The highest BCUT2D eigenvalue weighted by Gasteiger charge is 2.38. The Balaban J connectivity index is 1.50. The van der Waals surface area contributed by atoms with Gasteiger partial charge in [0.1, 0.15) is 16.0 Å². The molecule has 3 amide bonds. The third kappa shape index (κ3) is 8.35. The van der Waals surface area contributed by atoms with Crippen LogP contribution in [0.3, 0.4) is 0 Å². The highest BCUT2D eigenvalue weighted by atomic mass is 32.2. The summed E-state index contributed by atoms with van der Waals surface area (Å²) in [6.07, 6.45) is 0.457. The van der Waals surface area contributed by atoms with E-state index in [1.807, 2.05) is 31.2 Å². The lowest BCUT2D eigenvalue weighted by molar-refractivity contribution is -0.127. The predicted molar refractivity (Wildman–Crippen MR) is 149 cm³/mol. The molecule has 0 saturated carbocycles. The third-order valence-corrected chi connectivity index (χ3v) is 7.50. The van der Waals surface area contributed by atoms with E-state index >= 15 is 0 Å². The molecule has 0 spiro atoms. The lowest BCUT2D eigenvalue weighted by atomic mass is 10.2. The number of nitrogens with zero attached hydrogens (tertiary/aromatic N) is 3. The zero-order valence-electron chi connectivity index (χ0n) is 22.2. The second kappa shape index (κ2) is 12.6. The molecule has 11 nitrogen and oxygen atoms in total. The molecule has 12 heteroatoms. The highest BCUT2D eigenvalue weighted by molar-refractivity contribution is 8.04.